The summed E-state index contributed by atoms with van der Waals surface area (Å²) in [6.07, 6.45) is 1.69. The first kappa shape index (κ1) is 18.7. The third-order valence-corrected chi connectivity index (χ3v) is 3.31. The van der Waals surface area contributed by atoms with Crippen LogP contribution >= 0.6 is 0 Å². The first-order chi connectivity index (χ1) is 12.0. The molecule has 0 aliphatic carbocycles. The maximum atomic E-state index is 13.3. The van der Waals surface area contributed by atoms with Gasteiger partial charge in [0.2, 0.25) is 0 Å². The van der Waals surface area contributed by atoms with Crippen molar-refractivity contribution in [1.82, 2.24) is 0 Å². The van der Waals surface area contributed by atoms with Crippen molar-refractivity contribution in [2.24, 2.45) is 0 Å². The molecule has 0 atom stereocenters. The van der Waals surface area contributed by atoms with Gasteiger partial charge in [-0.25, -0.2) is 8.78 Å². The van der Waals surface area contributed by atoms with Crippen LogP contribution in [0.2, 0.25) is 0 Å². The zero-order valence-corrected chi connectivity index (χ0v) is 14.3. The molecule has 1 N–H and O–H groups in total. The minimum Gasteiger partial charge on any atom is -0.490 e. The highest BCUT2D eigenvalue weighted by Crippen LogP contribution is 2.31. The lowest BCUT2D eigenvalue weighted by Crippen LogP contribution is -2.12. The van der Waals surface area contributed by atoms with Crippen molar-refractivity contribution in [2.75, 3.05) is 18.5 Å². The van der Waals surface area contributed by atoms with Crippen molar-refractivity contribution >= 4 is 11.6 Å². The lowest BCUT2D eigenvalue weighted by atomic mass is 10.2. The van der Waals surface area contributed by atoms with E-state index < -0.39 is 17.5 Å². The van der Waals surface area contributed by atoms with E-state index in [1.807, 2.05) is 13.8 Å². The molecular formula is C19H21F2NO3. The van der Waals surface area contributed by atoms with Gasteiger partial charge < -0.3 is 14.8 Å². The van der Waals surface area contributed by atoms with Gasteiger partial charge >= 0.3 is 0 Å². The van der Waals surface area contributed by atoms with E-state index in [1.54, 1.807) is 18.2 Å². The molecule has 2 aromatic carbocycles. The normalized spacial score (nSPS) is 10.4. The smallest absolute Gasteiger partial charge is 0.255 e. The maximum absolute atomic E-state index is 13.3. The van der Waals surface area contributed by atoms with E-state index in [0.717, 1.165) is 25.0 Å². The summed E-state index contributed by atoms with van der Waals surface area (Å²) in [6.45, 7) is 5.07. The van der Waals surface area contributed by atoms with Crippen LogP contribution in [0.25, 0.3) is 0 Å². The molecule has 2 rings (SSSR count). The average Bonchev–Trinajstić information content (AvgIpc) is 2.61. The number of nitrogens with one attached hydrogen (secondary N) is 1. The van der Waals surface area contributed by atoms with Crippen molar-refractivity contribution < 1.29 is 23.0 Å². The molecule has 2 aromatic rings. The van der Waals surface area contributed by atoms with E-state index in [4.69, 9.17) is 9.47 Å². The van der Waals surface area contributed by atoms with Gasteiger partial charge in [0.05, 0.1) is 13.2 Å². The summed E-state index contributed by atoms with van der Waals surface area (Å²) in [7, 11) is 0. The van der Waals surface area contributed by atoms with Gasteiger partial charge in [-0.1, -0.05) is 13.8 Å². The molecule has 0 unspecified atom stereocenters. The second kappa shape index (κ2) is 9.01. The minimum atomic E-state index is -1.07. The third kappa shape index (κ3) is 5.17. The molecule has 25 heavy (non-hydrogen) atoms. The predicted molar refractivity (Wildman–Crippen MR) is 92.3 cm³/mol. The molecule has 0 spiro atoms. The number of amides is 1. The Bertz CT molecular complexity index is 735. The summed E-state index contributed by atoms with van der Waals surface area (Å²) in [5, 5.41) is 2.64. The molecule has 0 heterocycles. The van der Waals surface area contributed by atoms with Crippen LogP contribution in [-0.4, -0.2) is 19.1 Å². The SMILES string of the molecule is CCCOc1ccc(NC(=O)c2ccc(F)c(F)c2)cc1OCCC. The molecular weight excluding hydrogens is 328 g/mol. The fraction of sp³-hybridized carbons (Fsp3) is 0.316. The summed E-state index contributed by atoms with van der Waals surface area (Å²) in [5.41, 5.74) is 0.505. The molecule has 0 aliphatic rings. The molecule has 134 valence electrons. The lowest BCUT2D eigenvalue weighted by Gasteiger charge is -2.14. The Kier molecular flexibility index (Phi) is 6.74. The summed E-state index contributed by atoms with van der Waals surface area (Å²) in [5.74, 6) is -1.48. The Labute approximate surface area is 145 Å². The van der Waals surface area contributed by atoms with Gasteiger partial charge in [0, 0.05) is 17.3 Å². The number of carbonyl (C=O) groups excluding carboxylic acids is 1. The van der Waals surface area contributed by atoms with E-state index in [1.165, 1.54) is 6.07 Å². The fourth-order valence-corrected chi connectivity index (χ4v) is 2.08. The number of ether oxygens (including phenoxy) is 2. The summed E-state index contributed by atoms with van der Waals surface area (Å²) in [4.78, 5) is 12.2. The quantitative estimate of drug-likeness (QED) is 0.745. The third-order valence-electron chi connectivity index (χ3n) is 3.31. The minimum absolute atomic E-state index is 0.0289. The van der Waals surface area contributed by atoms with E-state index in [0.29, 0.717) is 30.4 Å². The molecule has 0 radical (unpaired) electrons. The molecule has 0 saturated heterocycles. The zero-order valence-electron chi connectivity index (χ0n) is 14.3. The first-order valence-corrected chi connectivity index (χ1v) is 8.21. The first-order valence-electron chi connectivity index (χ1n) is 8.21. The second-order valence-electron chi connectivity index (χ2n) is 5.44. The van der Waals surface area contributed by atoms with Crippen LogP contribution in [0, 0.1) is 11.6 Å². The Hall–Kier alpha value is -2.63. The van der Waals surface area contributed by atoms with Gasteiger partial charge in [-0.2, -0.15) is 0 Å². The molecule has 0 bridgehead atoms. The molecule has 1 amide bonds. The van der Waals surface area contributed by atoms with Crippen molar-refractivity contribution in [3.63, 3.8) is 0 Å². The van der Waals surface area contributed by atoms with Gasteiger partial charge in [0.1, 0.15) is 0 Å². The van der Waals surface area contributed by atoms with Crippen molar-refractivity contribution in [3.8, 4) is 11.5 Å². The standard InChI is InChI=1S/C19H21F2NO3/c1-3-9-24-17-8-6-14(12-18(17)25-10-4-2)22-19(23)13-5-7-15(20)16(21)11-13/h5-8,11-12H,3-4,9-10H2,1-2H3,(H,22,23). The van der Waals surface area contributed by atoms with Crippen molar-refractivity contribution in [3.05, 3.63) is 53.6 Å². The van der Waals surface area contributed by atoms with Crippen LogP contribution in [0.15, 0.2) is 36.4 Å². The monoisotopic (exact) mass is 349 g/mol. The van der Waals surface area contributed by atoms with E-state index in [-0.39, 0.29) is 5.56 Å². The predicted octanol–water partition coefficient (Wildman–Crippen LogP) is 4.79. The summed E-state index contributed by atoms with van der Waals surface area (Å²) >= 11 is 0. The molecule has 4 nitrogen and oxygen atoms in total. The Balaban J connectivity index is 2.17. The fourth-order valence-electron chi connectivity index (χ4n) is 2.08. The highest BCUT2D eigenvalue weighted by Gasteiger charge is 2.12. The average molecular weight is 349 g/mol. The van der Waals surface area contributed by atoms with Crippen LogP contribution in [0.5, 0.6) is 11.5 Å². The van der Waals surface area contributed by atoms with Crippen LogP contribution in [0.1, 0.15) is 37.0 Å². The van der Waals surface area contributed by atoms with Gasteiger partial charge in [-0.15, -0.1) is 0 Å². The molecule has 0 fully saturated rings. The molecule has 0 saturated carbocycles. The number of halogens is 2. The summed E-state index contributed by atoms with van der Waals surface area (Å²) in [6, 6.07) is 8.03. The highest BCUT2D eigenvalue weighted by molar-refractivity contribution is 6.04. The molecule has 0 aromatic heterocycles. The number of rotatable bonds is 8. The number of hydrogen-bond donors (Lipinski definition) is 1. The highest BCUT2D eigenvalue weighted by atomic mass is 19.2. The van der Waals surface area contributed by atoms with Crippen LogP contribution in [0.4, 0.5) is 14.5 Å². The van der Waals surface area contributed by atoms with E-state index >= 15 is 0 Å². The van der Waals surface area contributed by atoms with Crippen LogP contribution in [0.3, 0.4) is 0 Å². The second-order valence-corrected chi connectivity index (χ2v) is 5.44. The summed E-state index contributed by atoms with van der Waals surface area (Å²) < 4.78 is 37.5. The number of carbonyl (C=O) groups is 1. The van der Waals surface area contributed by atoms with Crippen LogP contribution < -0.4 is 14.8 Å². The lowest BCUT2D eigenvalue weighted by molar-refractivity contribution is 0.102. The Morgan fingerprint density at radius 1 is 0.920 bits per heavy atom. The van der Waals surface area contributed by atoms with Gasteiger partial charge in [0.25, 0.3) is 5.91 Å². The Morgan fingerprint density at radius 2 is 1.60 bits per heavy atom. The zero-order chi connectivity index (χ0) is 18.2. The molecule has 0 aliphatic heterocycles. The molecule has 6 heteroatoms. The maximum Gasteiger partial charge on any atom is 0.255 e. The van der Waals surface area contributed by atoms with Gasteiger partial charge in [-0.05, 0) is 43.2 Å². The number of hydrogen-bond acceptors (Lipinski definition) is 3. The van der Waals surface area contributed by atoms with E-state index in [9.17, 15) is 13.6 Å². The van der Waals surface area contributed by atoms with Gasteiger partial charge in [-0.3, -0.25) is 4.79 Å². The number of anilines is 1. The van der Waals surface area contributed by atoms with Crippen molar-refractivity contribution in [1.29, 1.82) is 0 Å². The van der Waals surface area contributed by atoms with Crippen molar-refractivity contribution in [2.45, 2.75) is 26.7 Å². The van der Waals surface area contributed by atoms with Gasteiger partial charge in [0.15, 0.2) is 23.1 Å². The van der Waals surface area contributed by atoms with Crippen LogP contribution in [-0.2, 0) is 0 Å². The largest absolute Gasteiger partial charge is 0.490 e. The topological polar surface area (TPSA) is 47.6 Å². The number of benzene rings is 2. The Morgan fingerprint density at radius 3 is 2.24 bits per heavy atom. The van der Waals surface area contributed by atoms with E-state index in [2.05, 4.69) is 5.32 Å².